The number of anilines is 1. The zero-order chi connectivity index (χ0) is 20.7. The average Bonchev–Trinajstić information content (AvgIpc) is 2.66. The lowest BCUT2D eigenvalue weighted by molar-refractivity contribution is -0.137. The summed E-state index contributed by atoms with van der Waals surface area (Å²) in [7, 11) is 4.53. The SMILES string of the molecule is COc1cc(CCNC(=O)Nc2ccc(C(F)(F)F)cc2)cc(OC)c1OC. The van der Waals surface area contributed by atoms with Crippen LogP contribution in [-0.2, 0) is 12.6 Å². The predicted molar refractivity (Wildman–Crippen MR) is 98.3 cm³/mol. The molecule has 0 aliphatic heterocycles. The first-order valence-corrected chi connectivity index (χ1v) is 8.29. The summed E-state index contributed by atoms with van der Waals surface area (Å²) in [6.45, 7) is 0.297. The van der Waals surface area contributed by atoms with E-state index >= 15 is 0 Å². The highest BCUT2D eigenvalue weighted by Crippen LogP contribution is 2.38. The maximum Gasteiger partial charge on any atom is 0.416 e. The fourth-order valence-electron chi connectivity index (χ4n) is 2.52. The summed E-state index contributed by atoms with van der Waals surface area (Å²) in [5.74, 6) is 1.49. The smallest absolute Gasteiger partial charge is 0.416 e. The Kier molecular flexibility index (Phi) is 6.97. The van der Waals surface area contributed by atoms with E-state index < -0.39 is 17.8 Å². The Morgan fingerprint density at radius 2 is 1.54 bits per heavy atom. The van der Waals surface area contributed by atoms with Gasteiger partial charge in [-0.25, -0.2) is 4.79 Å². The highest BCUT2D eigenvalue weighted by Gasteiger charge is 2.29. The number of carbonyl (C=O) groups is 1. The number of nitrogens with one attached hydrogen (secondary N) is 2. The van der Waals surface area contributed by atoms with Gasteiger partial charge >= 0.3 is 12.2 Å². The molecule has 28 heavy (non-hydrogen) atoms. The second-order valence-electron chi connectivity index (χ2n) is 5.74. The van der Waals surface area contributed by atoms with Crippen LogP contribution in [0.3, 0.4) is 0 Å². The van der Waals surface area contributed by atoms with E-state index in [0.29, 0.717) is 30.2 Å². The number of urea groups is 1. The second kappa shape index (κ2) is 9.20. The van der Waals surface area contributed by atoms with Crippen LogP contribution in [0.25, 0.3) is 0 Å². The molecular formula is C19H21F3N2O4. The van der Waals surface area contributed by atoms with Gasteiger partial charge in [0.15, 0.2) is 11.5 Å². The lowest BCUT2D eigenvalue weighted by atomic mass is 10.1. The highest BCUT2D eigenvalue weighted by molar-refractivity contribution is 5.89. The van der Waals surface area contributed by atoms with Crippen LogP contribution in [0, 0.1) is 0 Å². The van der Waals surface area contributed by atoms with Crippen molar-refractivity contribution in [1.29, 1.82) is 0 Å². The third kappa shape index (κ3) is 5.45. The van der Waals surface area contributed by atoms with Gasteiger partial charge in [-0.3, -0.25) is 0 Å². The molecule has 0 aromatic heterocycles. The summed E-state index contributed by atoms with van der Waals surface area (Å²) in [6.07, 6.45) is -3.93. The van der Waals surface area contributed by atoms with Gasteiger partial charge in [-0.2, -0.15) is 13.2 Å². The van der Waals surface area contributed by atoms with Crippen LogP contribution >= 0.6 is 0 Å². The van der Waals surface area contributed by atoms with Gasteiger partial charge in [0.1, 0.15) is 0 Å². The zero-order valence-corrected chi connectivity index (χ0v) is 15.6. The molecule has 0 spiro atoms. The molecule has 0 unspecified atom stereocenters. The molecule has 0 heterocycles. The molecule has 2 aromatic rings. The van der Waals surface area contributed by atoms with Gasteiger partial charge in [-0.1, -0.05) is 0 Å². The molecular weight excluding hydrogens is 377 g/mol. The summed E-state index contributed by atoms with van der Waals surface area (Å²) in [5, 5.41) is 5.13. The first kappa shape index (κ1) is 21.2. The molecule has 2 amide bonds. The van der Waals surface area contributed by atoms with Crippen LogP contribution < -0.4 is 24.8 Å². The van der Waals surface area contributed by atoms with Gasteiger partial charge in [-0.05, 0) is 48.4 Å². The van der Waals surface area contributed by atoms with Crippen LogP contribution in [0.4, 0.5) is 23.7 Å². The predicted octanol–water partition coefficient (Wildman–Crippen LogP) is 4.10. The minimum absolute atomic E-state index is 0.262. The first-order chi connectivity index (χ1) is 13.3. The van der Waals surface area contributed by atoms with Crippen molar-refractivity contribution in [3.63, 3.8) is 0 Å². The fourth-order valence-corrected chi connectivity index (χ4v) is 2.52. The molecule has 9 heteroatoms. The summed E-state index contributed by atoms with van der Waals surface area (Å²) < 4.78 is 53.4. The molecule has 0 saturated heterocycles. The van der Waals surface area contributed by atoms with Crippen LogP contribution in [-0.4, -0.2) is 33.9 Å². The number of carbonyl (C=O) groups excluding carboxylic acids is 1. The summed E-state index contributed by atoms with van der Waals surface area (Å²) in [5.41, 5.74) is 0.337. The summed E-state index contributed by atoms with van der Waals surface area (Å²) in [4.78, 5) is 11.9. The fraction of sp³-hybridized carbons (Fsp3) is 0.316. The van der Waals surface area contributed by atoms with Crippen LogP contribution in [0.2, 0.25) is 0 Å². The first-order valence-electron chi connectivity index (χ1n) is 8.29. The van der Waals surface area contributed by atoms with E-state index in [1.54, 1.807) is 12.1 Å². The van der Waals surface area contributed by atoms with Crippen molar-refractivity contribution in [3.8, 4) is 17.2 Å². The largest absolute Gasteiger partial charge is 0.493 e. The standard InChI is InChI=1S/C19H21F3N2O4/c1-26-15-10-12(11-16(27-2)17(15)28-3)8-9-23-18(25)24-14-6-4-13(5-7-14)19(20,21)22/h4-7,10-11H,8-9H2,1-3H3,(H2,23,24,25). The van der Waals surface area contributed by atoms with Gasteiger partial charge in [0.25, 0.3) is 0 Å². The van der Waals surface area contributed by atoms with Crippen LogP contribution in [0.1, 0.15) is 11.1 Å². The molecule has 152 valence electrons. The number of halogens is 3. The monoisotopic (exact) mass is 398 g/mol. The maximum atomic E-state index is 12.5. The lowest BCUT2D eigenvalue weighted by Gasteiger charge is -2.14. The molecule has 0 bridgehead atoms. The number of rotatable bonds is 7. The Morgan fingerprint density at radius 3 is 2.00 bits per heavy atom. The summed E-state index contributed by atoms with van der Waals surface area (Å²) >= 11 is 0. The van der Waals surface area contributed by atoms with E-state index in [9.17, 15) is 18.0 Å². The van der Waals surface area contributed by atoms with Gasteiger partial charge < -0.3 is 24.8 Å². The Labute approximate surface area is 160 Å². The van der Waals surface area contributed by atoms with Crippen molar-refractivity contribution >= 4 is 11.7 Å². The van der Waals surface area contributed by atoms with Gasteiger partial charge in [-0.15, -0.1) is 0 Å². The van der Waals surface area contributed by atoms with E-state index in [1.165, 1.54) is 33.5 Å². The lowest BCUT2D eigenvalue weighted by Crippen LogP contribution is -2.30. The minimum Gasteiger partial charge on any atom is -0.493 e. The number of methoxy groups -OCH3 is 3. The third-order valence-corrected chi connectivity index (χ3v) is 3.89. The van der Waals surface area contributed by atoms with Crippen molar-refractivity contribution < 1.29 is 32.2 Å². The van der Waals surface area contributed by atoms with Crippen molar-refractivity contribution in [2.24, 2.45) is 0 Å². The molecule has 0 fully saturated rings. The number of ether oxygens (including phenoxy) is 3. The van der Waals surface area contributed by atoms with E-state index in [2.05, 4.69) is 10.6 Å². The van der Waals surface area contributed by atoms with Crippen LogP contribution in [0.15, 0.2) is 36.4 Å². The maximum absolute atomic E-state index is 12.5. The number of amides is 2. The van der Waals surface area contributed by atoms with Crippen molar-refractivity contribution in [1.82, 2.24) is 5.32 Å². The number of benzene rings is 2. The van der Waals surface area contributed by atoms with Gasteiger partial charge in [0, 0.05) is 12.2 Å². The molecule has 2 aromatic carbocycles. The minimum atomic E-state index is -4.42. The highest BCUT2D eigenvalue weighted by atomic mass is 19.4. The van der Waals surface area contributed by atoms with Gasteiger partial charge in [0.2, 0.25) is 5.75 Å². The third-order valence-electron chi connectivity index (χ3n) is 3.89. The number of hydrogen-bond donors (Lipinski definition) is 2. The Morgan fingerprint density at radius 1 is 0.964 bits per heavy atom. The molecule has 0 aliphatic rings. The number of alkyl halides is 3. The molecule has 0 aliphatic carbocycles. The molecule has 2 rings (SSSR count). The molecule has 0 radical (unpaired) electrons. The molecule has 6 nitrogen and oxygen atoms in total. The molecule has 0 saturated carbocycles. The normalized spacial score (nSPS) is 10.9. The van der Waals surface area contributed by atoms with E-state index in [1.807, 2.05) is 0 Å². The topological polar surface area (TPSA) is 68.8 Å². The Balaban J connectivity index is 1.92. The average molecular weight is 398 g/mol. The van der Waals surface area contributed by atoms with Crippen molar-refractivity contribution in [3.05, 3.63) is 47.5 Å². The Hall–Kier alpha value is -3.10. The van der Waals surface area contributed by atoms with Crippen LogP contribution in [0.5, 0.6) is 17.2 Å². The van der Waals surface area contributed by atoms with E-state index in [4.69, 9.17) is 14.2 Å². The van der Waals surface area contributed by atoms with E-state index in [-0.39, 0.29) is 5.69 Å². The summed E-state index contributed by atoms with van der Waals surface area (Å²) in [6, 6.07) is 7.24. The number of hydrogen-bond acceptors (Lipinski definition) is 4. The zero-order valence-electron chi connectivity index (χ0n) is 15.6. The van der Waals surface area contributed by atoms with Gasteiger partial charge in [0.05, 0.1) is 26.9 Å². The molecule has 2 N–H and O–H groups in total. The Bertz CT molecular complexity index is 783. The van der Waals surface area contributed by atoms with E-state index in [0.717, 1.165) is 17.7 Å². The molecule has 0 atom stereocenters. The van der Waals surface area contributed by atoms with Crippen molar-refractivity contribution in [2.45, 2.75) is 12.6 Å². The van der Waals surface area contributed by atoms with Crippen molar-refractivity contribution in [2.75, 3.05) is 33.2 Å². The quantitative estimate of drug-likeness (QED) is 0.737. The second-order valence-corrected chi connectivity index (χ2v) is 5.74.